The van der Waals surface area contributed by atoms with E-state index in [4.69, 9.17) is 0 Å². The number of amides is 1. The van der Waals surface area contributed by atoms with Crippen LogP contribution in [0.1, 0.15) is 34.7 Å². The summed E-state index contributed by atoms with van der Waals surface area (Å²) in [6.07, 6.45) is -4.70. The van der Waals surface area contributed by atoms with Crippen LogP contribution in [0.25, 0.3) is 11.4 Å². The first kappa shape index (κ1) is 21.0. The molecule has 1 aromatic heterocycles. The van der Waals surface area contributed by atoms with Gasteiger partial charge in [0.15, 0.2) is 0 Å². The van der Waals surface area contributed by atoms with E-state index in [1.54, 1.807) is 0 Å². The van der Waals surface area contributed by atoms with E-state index in [2.05, 4.69) is 37.0 Å². The summed E-state index contributed by atoms with van der Waals surface area (Å²) in [5.74, 6) is -1.31. The quantitative estimate of drug-likeness (QED) is 0.641. The number of hydrogen-bond donors (Lipinski definition) is 1. The molecule has 2 aromatic carbocycles. The fraction of sp³-hybridized carbons (Fsp3) is 0.318. The van der Waals surface area contributed by atoms with E-state index in [0.717, 1.165) is 19.6 Å². The highest BCUT2D eigenvalue weighted by Crippen LogP contribution is 2.29. The third-order valence-electron chi connectivity index (χ3n) is 5.21. The Morgan fingerprint density at radius 3 is 2.45 bits per heavy atom. The molecule has 1 saturated heterocycles. The molecule has 1 N–H and O–H groups in total. The summed E-state index contributed by atoms with van der Waals surface area (Å²) in [6.45, 7) is 4.61. The molecular weight excluding hydrogens is 409 g/mol. The van der Waals surface area contributed by atoms with Crippen LogP contribution in [0.3, 0.4) is 0 Å². The van der Waals surface area contributed by atoms with Crippen LogP contribution in [0.4, 0.5) is 13.2 Å². The first-order valence-electron chi connectivity index (χ1n) is 9.89. The van der Waals surface area contributed by atoms with Crippen LogP contribution >= 0.6 is 0 Å². The summed E-state index contributed by atoms with van der Waals surface area (Å²) >= 11 is 0. The molecule has 0 spiro atoms. The Morgan fingerprint density at radius 2 is 1.84 bits per heavy atom. The number of carbonyl (C=O) groups is 1. The highest BCUT2D eigenvalue weighted by atomic mass is 19.4. The smallest absolute Gasteiger partial charge is 0.348 e. The maximum absolute atomic E-state index is 12.6. The Balaban J connectivity index is 1.28. The molecule has 4 rings (SSSR count). The lowest BCUT2D eigenvalue weighted by Crippen LogP contribution is -2.51. The van der Waals surface area contributed by atoms with Crippen molar-refractivity contribution in [3.63, 3.8) is 0 Å². The minimum absolute atomic E-state index is 0.0459. The minimum atomic E-state index is -4.70. The van der Waals surface area contributed by atoms with Gasteiger partial charge in [-0.1, -0.05) is 47.6 Å². The van der Waals surface area contributed by atoms with Gasteiger partial charge < -0.3 is 9.84 Å². The second-order valence-electron chi connectivity index (χ2n) is 7.70. The summed E-state index contributed by atoms with van der Waals surface area (Å²) in [7, 11) is 0. The van der Waals surface area contributed by atoms with Crippen molar-refractivity contribution in [1.29, 1.82) is 0 Å². The first-order chi connectivity index (χ1) is 14.8. The van der Waals surface area contributed by atoms with Gasteiger partial charge in [-0.05, 0) is 24.6 Å². The van der Waals surface area contributed by atoms with Gasteiger partial charge in [-0.25, -0.2) is 0 Å². The lowest BCUT2D eigenvalue weighted by atomic mass is 9.91. The fourth-order valence-corrected chi connectivity index (χ4v) is 3.62. The summed E-state index contributed by atoms with van der Waals surface area (Å²) < 4.78 is 42.0. The number of rotatable bonds is 6. The first-order valence-corrected chi connectivity index (χ1v) is 9.89. The number of hydrogen-bond acceptors (Lipinski definition) is 5. The van der Waals surface area contributed by atoms with Crippen LogP contribution in [-0.2, 0) is 6.18 Å². The highest BCUT2D eigenvalue weighted by molar-refractivity contribution is 5.94. The maximum Gasteiger partial charge on any atom is 0.471 e. The van der Waals surface area contributed by atoms with E-state index in [0.29, 0.717) is 17.0 Å². The lowest BCUT2D eigenvalue weighted by Gasteiger charge is -2.41. The number of likely N-dealkylation sites (tertiary alicyclic amines) is 1. The van der Waals surface area contributed by atoms with E-state index in [-0.39, 0.29) is 17.8 Å². The Hall–Kier alpha value is -3.20. The zero-order valence-electron chi connectivity index (χ0n) is 16.8. The SMILES string of the molecule is C[C@H](CN1CC(c2ccccc2)C1)NC(=O)c1ccc(-c2noc(C(F)(F)F)n2)cc1. The van der Waals surface area contributed by atoms with Crippen molar-refractivity contribution in [3.8, 4) is 11.4 Å². The molecule has 1 atom stereocenters. The molecule has 31 heavy (non-hydrogen) atoms. The average Bonchev–Trinajstić information content (AvgIpc) is 3.22. The average molecular weight is 430 g/mol. The molecule has 1 amide bonds. The van der Waals surface area contributed by atoms with Crippen LogP contribution in [0.2, 0.25) is 0 Å². The lowest BCUT2D eigenvalue weighted by molar-refractivity contribution is -0.159. The third-order valence-corrected chi connectivity index (χ3v) is 5.21. The number of nitrogens with zero attached hydrogens (tertiary/aromatic N) is 3. The maximum atomic E-state index is 12.6. The summed E-state index contributed by atoms with van der Waals surface area (Å²) in [4.78, 5) is 18.1. The van der Waals surface area contributed by atoms with Crippen molar-refractivity contribution in [1.82, 2.24) is 20.4 Å². The molecule has 0 aliphatic carbocycles. The number of halogens is 3. The molecule has 0 unspecified atom stereocenters. The molecule has 6 nitrogen and oxygen atoms in total. The summed E-state index contributed by atoms with van der Waals surface area (Å²) in [5, 5.41) is 6.29. The number of carbonyl (C=O) groups excluding carboxylic acids is 1. The molecule has 1 aliphatic heterocycles. The topological polar surface area (TPSA) is 71.3 Å². The van der Waals surface area contributed by atoms with Gasteiger partial charge in [0.2, 0.25) is 5.82 Å². The van der Waals surface area contributed by atoms with Crippen molar-refractivity contribution in [2.45, 2.75) is 25.1 Å². The number of aromatic nitrogens is 2. The van der Waals surface area contributed by atoms with Crippen LogP contribution in [0.5, 0.6) is 0 Å². The monoisotopic (exact) mass is 430 g/mol. The van der Waals surface area contributed by atoms with Gasteiger partial charge in [0.1, 0.15) is 0 Å². The molecular formula is C22H21F3N4O2. The van der Waals surface area contributed by atoms with Crippen LogP contribution in [-0.4, -0.2) is 46.6 Å². The van der Waals surface area contributed by atoms with Crippen LogP contribution < -0.4 is 5.32 Å². The summed E-state index contributed by atoms with van der Waals surface area (Å²) in [6, 6.07) is 16.3. The fourth-order valence-electron chi connectivity index (χ4n) is 3.62. The number of nitrogens with one attached hydrogen (secondary N) is 1. The van der Waals surface area contributed by atoms with Gasteiger partial charge in [0.05, 0.1) is 0 Å². The predicted molar refractivity (Wildman–Crippen MR) is 107 cm³/mol. The Bertz CT molecular complexity index is 1030. The molecule has 0 bridgehead atoms. The molecule has 3 aromatic rings. The van der Waals surface area contributed by atoms with Crippen LogP contribution in [0, 0.1) is 0 Å². The molecule has 0 radical (unpaired) electrons. The Kier molecular flexibility index (Phi) is 5.77. The zero-order chi connectivity index (χ0) is 22.0. The second-order valence-corrected chi connectivity index (χ2v) is 7.70. The van der Waals surface area contributed by atoms with Gasteiger partial charge in [-0.2, -0.15) is 18.2 Å². The highest BCUT2D eigenvalue weighted by Gasteiger charge is 2.38. The van der Waals surface area contributed by atoms with Crippen molar-refractivity contribution < 1.29 is 22.5 Å². The molecule has 9 heteroatoms. The van der Waals surface area contributed by atoms with Crippen molar-refractivity contribution >= 4 is 5.91 Å². The largest absolute Gasteiger partial charge is 0.471 e. The number of alkyl halides is 3. The zero-order valence-corrected chi connectivity index (χ0v) is 16.8. The van der Waals surface area contributed by atoms with Gasteiger partial charge in [-0.15, -0.1) is 0 Å². The molecule has 1 fully saturated rings. The molecule has 1 aliphatic rings. The summed E-state index contributed by atoms with van der Waals surface area (Å²) in [5.41, 5.74) is 2.07. The van der Waals surface area contributed by atoms with Gasteiger partial charge >= 0.3 is 12.1 Å². The van der Waals surface area contributed by atoms with Gasteiger partial charge in [-0.3, -0.25) is 9.69 Å². The van der Waals surface area contributed by atoms with E-state index in [1.807, 2.05) is 25.1 Å². The van der Waals surface area contributed by atoms with Crippen LogP contribution in [0.15, 0.2) is 59.1 Å². The number of benzene rings is 2. The van der Waals surface area contributed by atoms with Crippen molar-refractivity contribution in [2.24, 2.45) is 0 Å². The van der Waals surface area contributed by atoms with E-state index in [1.165, 1.54) is 29.8 Å². The van der Waals surface area contributed by atoms with Crippen molar-refractivity contribution in [2.75, 3.05) is 19.6 Å². The second kappa shape index (κ2) is 8.50. The Morgan fingerprint density at radius 1 is 1.16 bits per heavy atom. The standard InChI is InChI=1S/C22H21F3N4O2/c1-14(11-29-12-18(13-29)15-5-3-2-4-6-15)26-20(30)17-9-7-16(8-10-17)19-27-21(31-28-19)22(23,24)25/h2-10,14,18H,11-13H2,1H3,(H,26,30)/t14-/m1/s1. The predicted octanol–water partition coefficient (Wildman–Crippen LogP) is 3.97. The third kappa shape index (κ3) is 4.93. The normalized spacial score (nSPS) is 16.0. The van der Waals surface area contributed by atoms with E-state index >= 15 is 0 Å². The minimum Gasteiger partial charge on any atom is -0.348 e. The Labute approximate surface area is 177 Å². The van der Waals surface area contributed by atoms with E-state index in [9.17, 15) is 18.0 Å². The van der Waals surface area contributed by atoms with Gasteiger partial charge in [0, 0.05) is 42.7 Å². The molecule has 162 valence electrons. The van der Waals surface area contributed by atoms with Gasteiger partial charge in [0.25, 0.3) is 5.91 Å². The molecule has 2 heterocycles. The van der Waals surface area contributed by atoms with Crippen molar-refractivity contribution in [3.05, 3.63) is 71.6 Å². The van der Waals surface area contributed by atoms with E-state index < -0.39 is 12.1 Å². The molecule has 0 saturated carbocycles.